The standard InChI is InChI=1S/C21H26N2O2.HI/c1-23-15-18(14-17-10-5-6-11-19(17)23)21(25)22-13-7-12-20(24)16-8-3-2-4-9-16;/h5-6,10-11,14-16H,2-4,7-9,12-13H2,1H3;1H. The number of para-hydroxylation sites is 1. The van der Waals surface area contributed by atoms with E-state index in [0.29, 0.717) is 24.3 Å². The zero-order valence-corrected chi connectivity index (χ0v) is 17.5. The summed E-state index contributed by atoms with van der Waals surface area (Å²) < 4.78 is 1.97. The van der Waals surface area contributed by atoms with E-state index in [1.807, 2.05) is 48.1 Å². The number of nitrogens with one attached hydrogen (secondary N) is 1. The highest BCUT2D eigenvalue weighted by Crippen LogP contribution is 2.25. The molecule has 0 bridgehead atoms. The van der Waals surface area contributed by atoms with Crippen LogP contribution in [0.5, 0.6) is 0 Å². The second-order valence-electron chi connectivity index (χ2n) is 7.06. The Hall–Kier alpha value is -1.50. The lowest BCUT2D eigenvalue weighted by atomic mass is 9.85. The van der Waals surface area contributed by atoms with Gasteiger partial charge in [-0.2, -0.15) is 0 Å². The Kier molecular flexibility index (Phi) is 8.00. The first-order valence-electron chi connectivity index (χ1n) is 9.34. The van der Waals surface area contributed by atoms with Crippen molar-refractivity contribution in [1.29, 1.82) is 0 Å². The van der Waals surface area contributed by atoms with Gasteiger partial charge in [-0.3, -0.25) is 9.59 Å². The molecule has 0 spiro atoms. The number of aromatic nitrogens is 1. The van der Waals surface area contributed by atoms with Gasteiger partial charge in [0.2, 0.25) is 5.52 Å². The molecule has 0 aliphatic heterocycles. The van der Waals surface area contributed by atoms with E-state index in [1.165, 1.54) is 19.3 Å². The van der Waals surface area contributed by atoms with Gasteiger partial charge in [0, 0.05) is 30.3 Å². The van der Waals surface area contributed by atoms with Crippen molar-refractivity contribution >= 4 is 22.6 Å². The van der Waals surface area contributed by atoms with Crippen LogP contribution in [0.1, 0.15) is 55.3 Å². The number of rotatable bonds is 6. The normalized spacial score (nSPS) is 14.7. The molecule has 0 radical (unpaired) electrons. The largest absolute Gasteiger partial charge is 1.00 e. The summed E-state index contributed by atoms with van der Waals surface area (Å²) in [7, 11) is 1.95. The number of Topliss-reactive ketones (excluding diaryl/α,β-unsaturated/α-hetero) is 1. The van der Waals surface area contributed by atoms with Gasteiger partial charge >= 0.3 is 0 Å². The summed E-state index contributed by atoms with van der Waals surface area (Å²) in [5.74, 6) is 0.571. The summed E-state index contributed by atoms with van der Waals surface area (Å²) in [5, 5.41) is 3.99. The van der Waals surface area contributed by atoms with Crippen LogP contribution in [-0.4, -0.2) is 18.2 Å². The van der Waals surface area contributed by atoms with Crippen LogP contribution in [-0.2, 0) is 11.8 Å². The Balaban J connectivity index is 0.00000243. The molecular weight excluding hydrogens is 439 g/mol. The van der Waals surface area contributed by atoms with Crippen LogP contribution < -0.4 is 33.9 Å². The summed E-state index contributed by atoms with van der Waals surface area (Å²) >= 11 is 0. The third-order valence-electron chi connectivity index (χ3n) is 5.17. The first-order valence-corrected chi connectivity index (χ1v) is 9.34. The fourth-order valence-electron chi connectivity index (χ4n) is 3.73. The molecule has 2 aromatic rings. The molecule has 0 saturated heterocycles. The number of carbonyl (C=O) groups is 2. The van der Waals surface area contributed by atoms with Crippen LogP contribution in [0.25, 0.3) is 10.9 Å². The number of nitrogens with zero attached hydrogens (tertiary/aromatic N) is 1. The predicted octanol–water partition coefficient (Wildman–Crippen LogP) is 0.328. The van der Waals surface area contributed by atoms with Crippen LogP contribution in [0.3, 0.4) is 0 Å². The van der Waals surface area contributed by atoms with E-state index < -0.39 is 0 Å². The number of halogens is 1. The highest BCUT2D eigenvalue weighted by atomic mass is 127. The molecule has 1 aliphatic carbocycles. The second kappa shape index (κ2) is 10.00. The number of benzene rings is 1. The molecule has 1 fully saturated rings. The van der Waals surface area contributed by atoms with Gasteiger partial charge in [-0.1, -0.05) is 31.4 Å². The van der Waals surface area contributed by atoms with Crippen molar-refractivity contribution < 1.29 is 38.1 Å². The van der Waals surface area contributed by atoms with Crippen LogP contribution in [0.15, 0.2) is 36.5 Å². The van der Waals surface area contributed by atoms with Gasteiger partial charge in [0.25, 0.3) is 5.91 Å². The minimum atomic E-state index is -0.0773. The van der Waals surface area contributed by atoms with Gasteiger partial charge in [-0.15, -0.1) is 0 Å². The summed E-state index contributed by atoms with van der Waals surface area (Å²) in [6, 6.07) is 9.92. The van der Waals surface area contributed by atoms with Gasteiger partial charge in [-0.05, 0) is 31.4 Å². The fourth-order valence-corrected chi connectivity index (χ4v) is 3.73. The quantitative estimate of drug-likeness (QED) is 0.379. The van der Waals surface area contributed by atoms with Crippen molar-refractivity contribution in [3.8, 4) is 0 Å². The maximum absolute atomic E-state index is 12.4. The number of ketones is 1. The number of aryl methyl sites for hydroxylation is 1. The first kappa shape index (κ1) is 20.8. The van der Waals surface area contributed by atoms with Crippen LogP contribution in [0, 0.1) is 5.92 Å². The van der Waals surface area contributed by atoms with Gasteiger partial charge in [0.15, 0.2) is 6.20 Å². The molecule has 1 saturated carbocycles. The molecule has 1 N–H and O–H groups in total. The minimum absolute atomic E-state index is 0. The molecule has 140 valence electrons. The first-order chi connectivity index (χ1) is 12.1. The molecule has 3 rings (SSSR count). The van der Waals surface area contributed by atoms with E-state index in [0.717, 1.165) is 30.2 Å². The van der Waals surface area contributed by atoms with Crippen LogP contribution >= 0.6 is 0 Å². The van der Waals surface area contributed by atoms with E-state index in [9.17, 15) is 9.59 Å². The van der Waals surface area contributed by atoms with Gasteiger partial charge < -0.3 is 29.3 Å². The van der Waals surface area contributed by atoms with E-state index in [-0.39, 0.29) is 35.8 Å². The predicted molar refractivity (Wildman–Crippen MR) is 98.3 cm³/mol. The SMILES string of the molecule is C[n+]1cc(C(=O)NCCCC(=O)C2CCCCC2)cc2ccccc21.[I-]. The Morgan fingerprint density at radius 1 is 1.15 bits per heavy atom. The van der Waals surface area contributed by atoms with E-state index in [1.54, 1.807) is 0 Å². The van der Waals surface area contributed by atoms with Crippen LogP contribution in [0.2, 0.25) is 0 Å². The molecule has 0 unspecified atom stereocenters. The number of hydrogen-bond donors (Lipinski definition) is 1. The molecule has 0 atom stereocenters. The van der Waals surface area contributed by atoms with E-state index in [2.05, 4.69) is 5.32 Å². The zero-order valence-electron chi connectivity index (χ0n) is 15.3. The fraction of sp³-hybridized carbons (Fsp3) is 0.476. The molecule has 26 heavy (non-hydrogen) atoms. The Morgan fingerprint density at radius 3 is 2.65 bits per heavy atom. The van der Waals surface area contributed by atoms with Crippen molar-refractivity contribution in [1.82, 2.24) is 5.32 Å². The topological polar surface area (TPSA) is 50.0 Å². The summed E-state index contributed by atoms with van der Waals surface area (Å²) in [4.78, 5) is 24.6. The Morgan fingerprint density at radius 2 is 1.88 bits per heavy atom. The second-order valence-corrected chi connectivity index (χ2v) is 7.06. The number of hydrogen-bond acceptors (Lipinski definition) is 2. The minimum Gasteiger partial charge on any atom is -1.00 e. The maximum Gasteiger partial charge on any atom is 0.257 e. The van der Waals surface area contributed by atoms with Crippen molar-refractivity contribution in [3.05, 3.63) is 42.1 Å². The molecule has 1 aromatic heterocycles. The number of fused-ring (bicyclic) bond motifs is 1. The van der Waals surface area contributed by atoms with Gasteiger partial charge in [-0.25, -0.2) is 4.57 Å². The molecule has 4 nitrogen and oxygen atoms in total. The molecular formula is C21H27IN2O2. The summed E-state index contributed by atoms with van der Waals surface area (Å²) in [6.45, 7) is 0.549. The number of carbonyl (C=O) groups excluding carboxylic acids is 2. The molecule has 1 heterocycles. The molecule has 1 aliphatic rings. The summed E-state index contributed by atoms with van der Waals surface area (Å²) in [5.41, 5.74) is 1.75. The smallest absolute Gasteiger partial charge is 0.257 e. The van der Waals surface area contributed by atoms with Crippen molar-refractivity contribution in [3.63, 3.8) is 0 Å². The van der Waals surface area contributed by atoms with Gasteiger partial charge in [0.1, 0.15) is 18.4 Å². The van der Waals surface area contributed by atoms with Crippen molar-refractivity contribution in [2.75, 3.05) is 6.54 Å². The van der Waals surface area contributed by atoms with E-state index in [4.69, 9.17) is 0 Å². The zero-order chi connectivity index (χ0) is 17.6. The lowest BCUT2D eigenvalue weighted by Gasteiger charge is -2.20. The van der Waals surface area contributed by atoms with Crippen LogP contribution in [0.4, 0.5) is 0 Å². The molecule has 1 amide bonds. The van der Waals surface area contributed by atoms with Crippen molar-refractivity contribution in [2.24, 2.45) is 13.0 Å². The number of amides is 1. The Bertz CT molecular complexity index is 770. The molecule has 5 heteroatoms. The highest BCUT2D eigenvalue weighted by Gasteiger charge is 2.20. The Labute approximate surface area is 172 Å². The number of pyridine rings is 1. The average Bonchev–Trinajstić information content (AvgIpc) is 2.65. The van der Waals surface area contributed by atoms with Gasteiger partial charge in [0.05, 0.1) is 0 Å². The van der Waals surface area contributed by atoms with E-state index >= 15 is 0 Å². The third kappa shape index (κ3) is 5.25. The lowest BCUT2D eigenvalue weighted by Crippen LogP contribution is -3.00. The highest BCUT2D eigenvalue weighted by molar-refractivity contribution is 5.96. The molecule has 1 aromatic carbocycles. The third-order valence-corrected chi connectivity index (χ3v) is 5.17. The monoisotopic (exact) mass is 466 g/mol. The lowest BCUT2D eigenvalue weighted by molar-refractivity contribution is -0.645. The maximum atomic E-state index is 12.4. The van der Waals surface area contributed by atoms with Crippen molar-refractivity contribution in [2.45, 2.75) is 44.9 Å². The average molecular weight is 466 g/mol. The summed E-state index contributed by atoms with van der Waals surface area (Å²) in [6.07, 6.45) is 8.90.